The first kappa shape index (κ1) is 22.7. The second-order valence-corrected chi connectivity index (χ2v) is 8.12. The minimum Gasteiger partial charge on any atom is -0.370 e. The molecule has 7 nitrogen and oxygen atoms in total. The van der Waals surface area contributed by atoms with Crippen LogP contribution in [0.3, 0.4) is 0 Å². The fraction of sp³-hybridized carbons (Fsp3) is 0.500. The number of aliphatic imine (C=N–C) groups is 3. The summed E-state index contributed by atoms with van der Waals surface area (Å²) in [6.45, 7) is 17.8. The van der Waals surface area contributed by atoms with Crippen LogP contribution in [0.25, 0.3) is 5.70 Å². The number of hydrogen-bond donors (Lipinski definition) is 2. The Morgan fingerprint density at radius 3 is 2.71 bits per heavy atom. The lowest BCUT2D eigenvalue weighted by Crippen LogP contribution is -2.25. The van der Waals surface area contributed by atoms with Crippen LogP contribution in [0.4, 0.5) is 5.82 Å². The first-order valence-electron chi connectivity index (χ1n) is 11.2. The van der Waals surface area contributed by atoms with Gasteiger partial charge in [-0.1, -0.05) is 26.5 Å². The second kappa shape index (κ2) is 10.9. The minimum absolute atomic E-state index is 0.662. The highest BCUT2D eigenvalue weighted by molar-refractivity contribution is 6.50. The molecule has 2 aliphatic rings. The van der Waals surface area contributed by atoms with Crippen LogP contribution in [-0.2, 0) is 0 Å². The predicted molar refractivity (Wildman–Crippen MR) is 132 cm³/mol. The van der Waals surface area contributed by atoms with Crippen LogP contribution in [0, 0.1) is 6.92 Å². The van der Waals surface area contributed by atoms with Gasteiger partial charge >= 0.3 is 0 Å². The quantitative estimate of drug-likeness (QED) is 0.450. The molecule has 0 aliphatic carbocycles. The zero-order valence-electron chi connectivity index (χ0n) is 19.2. The molecule has 0 atom stereocenters. The van der Waals surface area contributed by atoms with Gasteiger partial charge < -0.3 is 15.2 Å². The van der Waals surface area contributed by atoms with Crippen LogP contribution >= 0.6 is 0 Å². The standard InChI is InChI=1S/C24H35N7/c1-6-8-12-31(18(4)23-24(25-7-2)29-19(5)28-23)13-10-9-11-22-27-16-21(30-22)20-14-17(3)15-26-20/h7,14,25H,2,4,6,8-13,15-16H2,1,3,5H3,(H,28,29). The van der Waals surface area contributed by atoms with E-state index in [9.17, 15) is 0 Å². The second-order valence-electron chi connectivity index (χ2n) is 8.12. The van der Waals surface area contributed by atoms with Crippen molar-refractivity contribution in [2.24, 2.45) is 15.0 Å². The third-order valence-electron chi connectivity index (χ3n) is 5.44. The van der Waals surface area contributed by atoms with Crippen LogP contribution < -0.4 is 5.32 Å². The van der Waals surface area contributed by atoms with Crippen molar-refractivity contribution in [1.82, 2.24) is 14.9 Å². The summed E-state index contributed by atoms with van der Waals surface area (Å²) in [5.41, 5.74) is 5.22. The van der Waals surface area contributed by atoms with Crippen molar-refractivity contribution < 1.29 is 0 Å². The van der Waals surface area contributed by atoms with Crippen LogP contribution in [0.2, 0.25) is 0 Å². The van der Waals surface area contributed by atoms with E-state index in [-0.39, 0.29) is 0 Å². The van der Waals surface area contributed by atoms with E-state index in [2.05, 4.69) is 63.3 Å². The number of aromatic nitrogens is 2. The fourth-order valence-corrected chi connectivity index (χ4v) is 3.75. The molecule has 0 amide bonds. The van der Waals surface area contributed by atoms with Crippen molar-refractivity contribution in [3.05, 3.63) is 42.5 Å². The summed E-state index contributed by atoms with van der Waals surface area (Å²) in [6.07, 6.45) is 9.06. The van der Waals surface area contributed by atoms with Gasteiger partial charge in [0, 0.05) is 19.5 Å². The number of allylic oxidation sites excluding steroid dienone is 1. The number of hydrogen-bond acceptors (Lipinski definition) is 6. The summed E-state index contributed by atoms with van der Waals surface area (Å²) in [6, 6.07) is 0. The molecular formula is C24H35N7. The number of anilines is 1. The number of aromatic amines is 1. The lowest BCUT2D eigenvalue weighted by molar-refractivity contribution is 0.377. The molecule has 1 aromatic heterocycles. The van der Waals surface area contributed by atoms with Crippen LogP contribution in [-0.4, -0.2) is 58.3 Å². The molecule has 1 aromatic rings. The van der Waals surface area contributed by atoms with Gasteiger partial charge in [-0.15, -0.1) is 0 Å². The van der Waals surface area contributed by atoms with Crippen LogP contribution in [0.15, 0.2) is 46.0 Å². The van der Waals surface area contributed by atoms with Gasteiger partial charge in [-0.25, -0.2) is 9.98 Å². The minimum atomic E-state index is 0.662. The van der Waals surface area contributed by atoms with E-state index in [1.807, 2.05) is 6.92 Å². The maximum atomic E-state index is 4.72. The number of unbranched alkanes of at least 4 members (excludes halogenated alkanes) is 2. The lowest BCUT2D eigenvalue weighted by atomic mass is 10.2. The van der Waals surface area contributed by atoms with E-state index < -0.39 is 0 Å². The summed E-state index contributed by atoms with van der Waals surface area (Å²) < 4.78 is 0. The molecule has 2 N–H and O–H groups in total. The SMILES string of the molecule is C=CNc1nc(C)[nH]c1C(=C)N(CCCC)CCCCC1=NCC(C2=NCC(C)=C2)=N1. The molecule has 0 saturated carbocycles. The van der Waals surface area contributed by atoms with Gasteiger partial charge in [0.15, 0.2) is 5.82 Å². The number of nitrogens with one attached hydrogen (secondary N) is 2. The van der Waals surface area contributed by atoms with Gasteiger partial charge in [0.25, 0.3) is 0 Å². The Bertz CT molecular complexity index is 930. The number of imidazole rings is 1. The normalized spacial score (nSPS) is 15.3. The molecule has 0 radical (unpaired) electrons. The Kier molecular flexibility index (Phi) is 7.98. The Hall–Kier alpha value is -2.96. The average molecular weight is 422 g/mol. The molecule has 31 heavy (non-hydrogen) atoms. The van der Waals surface area contributed by atoms with Gasteiger partial charge in [-0.2, -0.15) is 0 Å². The topological polar surface area (TPSA) is 81.0 Å². The molecule has 0 saturated heterocycles. The molecule has 0 spiro atoms. The number of H-pyrrole nitrogens is 1. The maximum Gasteiger partial charge on any atom is 0.157 e. The van der Waals surface area contributed by atoms with Crippen LogP contribution in [0.5, 0.6) is 0 Å². The molecule has 3 heterocycles. The van der Waals surface area contributed by atoms with Crippen molar-refractivity contribution in [2.75, 3.05) is 31.5 Å². The van der Waals surface area contributed by atoms with Crippen molar-refractivity contribution in [3.8, 4) is 0 Å². The van der Waals surface area contributed by atoms with Crippen molar-refractivity contribution >= 4 is 28.8 Å². The number of rotatable bonds is 13. The smallest absolute Gasteiger partial charge is 0.157 e. The highest BCUT2D eigenvalue weighted by Crippen LogP contribution is 2.24. The molecule has 7 heteroatoms. The Morgan fingerprint density at radius 1 is 1.19 bits per heavy atom. The number of aryl methyl sites for hydroxylation is 1. The summed E-state index contributed by atoms with van der Waals surface area (Å²) >= 11 is 0. The summed E-state index contributed by atoms with van der Waals surface area (Å²) in [4.78, 5) is 24.1. The molecule has 0 aromatic carbocycles. The van der Waals surface area contributed by atoms with E-state index in [0.717, 1.165) is 92.0 Å². The summed E-state index contributed by atoms with van der Waals surface area (Å²) in [5.74, 6) is 2.59. The number of nitrogens with zero attached hydrogens (tertiary/aromatic N) is 5. The van der Waals surface area contributed by atoms with E-state index in [4.69, 9.17) is 4.99 Å². The van der Waals surface area contributed by atoms with Gasteiger partial charge in [0.2, 0.25) is 0 Å². The van der Waals surface area contributed by atoms with Gasteiger partial charge in [-0.3, -0.25) is 9.98 Å². The van der Waals surface area contributed by atoms with Gasteiger partial charge in [0.1, 0.15) is 17.4 Å². The van der Waals surface area contributed by atoms with Crippen molar-refractivity contribution in [1.29, 1.82) is 0 Å². The highest BCUT2D eigenvalue weighted by atomic mass is 15.2. The van der Waals surface area contributed by atoms with Gasteiger partial charge in [0.05, 0.1) is 30.2 Å². The Labute approximate surface area is 185 Å². The Morgan fingerprint density at radius 2 is 2.00 bits per heavy atom. The van der Waals surface area contributed by atoms with E-state index in [1.54, 1.807) is 6.20 Å². The fourth-order valence-electron chi connectivity index (χ4n) is 3.75. The summed E-state index contributed by atoms with van der Waals surface area (Å²) in [7, 11) is 0. The highest BCUT2D eigenvalue weighted by Gasteiger charge is 2.18. The monoisotopic (exact) mass is 421 g/mol. The largest absolute Gasteiger partial charge is 0.370 e. The summed E-state index contributed by atoms with van der Waals surface area (Å²) in [5, 5.41) is 3.11. The van der Waals surface area contributed by atoms with Gasteiger partial charge in [-0.05, 0) is 51.0 Å². The Balaban J connectivity index is 1.53. The van der Waals surface area contributed by atoms with Crippen molar-refractivity contribution in [3.63, 3.8) is 0 Å². The molecule has 2 aliphatic heterocycles. The molecule has 0 bridgehead atoms. The maximum absolute atomic E-state index is 4.72. The van der Waals surface area contributed by atoms with E-state index in [1.165, 1.54) is 5.57 Å². The third-order valence-corrected chi connectivity index (χ3v) is 5.44. The van der Waals surface area contributed by atoms with Crippen LogP contribution in [0.1, 0.15) is 57.5 Å². The first-order valence-corrected chi connectivity index (χ1v) is 11.2. The molecule has 3 rings (SSSR count). The predicted octanol–water partition coefficient (Wildman–Crippen LogP) is 4.77. The van der Waals surface area contributed by atoms with E-state index in [0.29, 0.717) is 6.54 Å². The zero-order valence-corrected chi connectivity index (χ0v) is 19.2. The lowest BCUT2D eigenvalue weighted by Gasteiger charge is -2.26. The zero-order chi connectivity index (χ0) is 22.2. The third kappa shape index (κ3) is 6.03. The molecular weight excluding hydrogens is 386 g/mol. The molecule has 0 unspecified atom stereocenters. The number of amidine groups is 1. The van der Waals surface area contributed by atoms with Crippen molar-refractivity contribution in [2.45, 2.75) is 52.9 Å². The average Bonchev–Trinajstić information content (AvgIpc) is 3.47. The first-order chi connectivity index (χ1) is 15.0. The molecule has 166 valence electrons. The van der Waals surface area contributed by atoms with E-state index >= 15 is 0 Å². The molecule has 0 fully saturated rings.